The highest BCUT2D eigenvalue weighted by atomic mass is 35.5. The van der Waals surface area contributed by atoms with E-state index in [0.29, 0.717) is 32.3 Å². The summed E-state index contributed by atoms with van der Waals surface area (Å²) < 4.78 is 63.8. The number of nitrogens with zero attached hydrogens (tertiary/aromatic N) is 4. The van der Waals surface area contributed by atoms with E-state index in [1.165, 1.54) is 12.1 Å². The van der Waals surface area contributed by atoms with E-state index in [2.05, 4.69) is 19.7 Å². The van der Waals surface area contributed by atoms with Crippen LogP contribution in [0.15, 0.2) is 48.5 Å². The normalized spacial score (nSPS) is 14.9. The number of hydrogen-bond acceptors (Lipinski definition) is 4. The molecule has 3 heterocycles. The maximum atomic E-state index is 13.3. The minimum atomic E-state index is -2.77. The maximum absolute atomic E-state index is 13.3. The third-order valence-electron chi connectivity index (χ3n) is 6.90. The van der Waals surface area contributed by atoms with Crippen molar-refractivity contribution in [2.75, 3.05) is 0 Å². The summed E-state index contributed by atoms with van der Waals surface area (Å²) >= 11 is 5.87. The Labute approximate surface area is 248 Å². The van der Waals surface area contributed by atoms with Gasteiger partial charge in [0.1, 0.15) is 0 Å². The standard InChI is InChI=1S/C17H17BF2N2O2.C11H5ClF2N2.2CH4/c1-16(2)17(3,4)24-18(23-16)12-7-6-8-13-10(12)9-11(14(19)20)15(21-5)22-13;1-15-11-7(10(13)14)5-6-8(12)3-2-4-9(6)16-11;;/h6-9,14H,1-4H3;2-5,10H;2*1H4. The van der Waals surface area contributed by atoms with E-state index < -0.39 is 31.2 Å². The quantitative estimate of drug-likeness (QED) is 0.133. The van der Waals surface area contributed by atoms with Gasteiger partial charge < -0.3 is 19.0 Å². The number of rotatable bonds is 3. The maximum Gasteiger partial charge on any atom is 0.495 e. The zero-order valence-corrected chi connectivity index (χ0v) is 22.6. The molecule has 0 aliphatic carbocycles. The largest absolute Gasteiger partial charge is 0.495 e. The smallest absolute Gasteiger partial charge is 0.399 e. The number of benzene rings is 2. The van der Waals surface area contributed by atoms with Crippen LogP contribution in [0.5, 0.6) is 0 Å². The molecule has 0 amide bonds. The van der Waals surface area contributed by atoms with Crippen LogP contribution in [0.3, 0.4) is 0 Å². The predicted molar refractivity (Wildman–Crippen MR) is 160 cm³/mol. The van der Waals surface area contributed by atoms with Gasteiger partial charge in [-0.1, -0.05) is 63.9 Å². The molecule has 5 rings (SSSR count). The molecular formula is C30H30BClF4N4O2. The van der Waals surface area contributed by atoms with Gasteiger partial charge in [0.05, 0.1) is 16.2 Å². The van der Waals surface area contributed by atoms with Crippen molar-refractivity contribution in [2.24, 2.45) is 0 Å². The molecule has 0 unspecified atom stereocenters. The van der Waals surface area contributed by atoms with Crippen molar-refractivity contribution in [3.8, 4) is 0 Å². The molecule has 1 aliphatic heterocycles. The zero-order valence-electron chi connectivity index (χ0n) is 21.8. The van der Waals surface area contributed by atoms with Gasteiger partial charge in [-0.05, 0) is 57.4 Å². The summed E-state index contributed by atoms with van der Waals surface area (Å²) in [6, 6.07) is 12.7. The highest BCUT2D eigenvalue weighted by Crippen LogP contribution is 2.38. The molecule has 4 aromatic rings. The Kier molecular flexibility index (Phi) is 10.7. The summed E-state index contributed by atoms with van der Waals surface area (Å²) in [6.07, 6.45) is -5.49. The van der Waals surface area contributed by atoms with Gasteiger partial charge in [-0.15, -0.1) is 9.97 Å². The molecule has 42 heavy (non-hydrogen) atoms. The average Bonchev–Trinajstić information content (AvgIpc) is 3.13. The van der Waals surface area contributed by atoms with Crippen molar-refractivity contribution in [1.29, 1.82) is 0 Å². The lowest BCUT2D eigenvalue weighted by atomic mass is 9.76. The van der Waals surface area contributed by atoms with Gasteiger partial charge in [0.2, 0.25) is 0 Å². The van der Waals surface area contributed by atoms with Crippen LogP contribution in [-0.2, 0) is 9.31 Å². The van der Waals surface area contributed by atoms with Gasteiger partial charge in [0.15, 0.2) is 11.0 Å². The Bertz CT molecular complexity index is 1670. The molecule has 0 bridgehead atoms. The molecule has 6 nitrogen and oxygen atoms in total. The van der Waals surface area contributed by atoms with Crippen LogP contribution in [0.1, 0.15) is 66.5 Å². The van der Waals surface area contributed by atoms with E-state index in [0.717, 1.165) is 0 Å². The Balaban J connectivity index is 0.000000301. The van der Waals surface area contributed by atoms with Crippen LogP contribution in [0.2, 0.25) is 5.02 Å². The Morgan fingerprint density at radius 3 is 1.64 bits per heavy atom. The second-order valence-corrected chi connectivity index (χ2v) is 10.3. The van der Waals surface area contributed by atoms with Gasteiger partial charge in [0, 0.05) is 21.9 Å². The topological polar surface area (TPSA) is 53.0 Å². The van der Waals surface area contributed by atoms with Crippen LogP contribution < -0.4 is 5.46 Å². The molecule has 12 heteroatoms. The first-order chi connectivity index (χ1) is 18.8. The third kappa shape index (κ3) is 6.49. The van der Waals surface area contributed by atoms with Crippen LogP contribution in [0.25, 0.3) is 31.5 Å². The lowest BCUT2D eigenvalue weighted by Crippen LogP contribution is -2.41. The molecule has 220 valence electrons. The highest BCUT2D eigenvalue weighted by Gasteiger charge is 2.52. The summed E-state index contributed by atoms with van der Waals surface area (Å²) in [7, 11) is -0.676. The summed E-state index contributed by atoms with van der Waals surface area (Å²) in [5, 5.41) is 1.30. The number of alkyl halides is 4. The van der Waals surface area contributed by atoms with Gasteiger partial charge in [-0.25, -0.2) is 17.6 Å². The molecule has 1 aliphatic rings. The van der Waals surface area contributed by atoms with Crippen molar-refractivity contribution in [2.45, 2.75) is 66.6 Å². The summed E-state index contributed by atoms with van der Waals surface area (Å²) in [5.41, 5.74) is -0.264. The van der Waals surface area contributed by atoms with E-state index in [4.69, 9.17) is 34.1 Å². The molecule has 0 saturated carbocycles. The predicted octanol–water partition coefficient (Wildman–Crippen LogP) is 9.67. The van der Waals surface area contributed by atoms with Crippen molar-refractivity contribution in [1.82, 2.24) is 9.97 Å². The second kappa shape index (κ2) is 13.0. The Morgan fingerprint density at radius 1 is 0.762 bits per heavy atom. The van der Waals surface area contributed by atoms with Gasteiger partial charge in [0.25, 0.3) is 24.5 Å². The minimum Gasteiger partial charge on any atom is -0.399 e. The zero-order chi connectivity index (χ0) is 29.4. The second-order valence-electron chi connectivity index (χ2n) is 9.94. The fourth-order valence-corrected chi connectivity index (χ4v) is 4.29. The molecule has 2 aromatic heterocycles. The molecule has 1 fully saturated rings. The number of aromatic nitrogens is 2. The fraction of sp³-hybridized carbons (Fsp3) is 0.333. The highest BCUT2D eigenvalue weighted by molar-refractivity contribution is 6.65. The Morgan fingerprint density at radius 2 is 1.19 bits per heavy atom. The lowest BCUT2D eigenvalue weighted by Gasteiger charge is -2.32. The summed E-state index contributed by atoms with van der Waals surface area (Å²) in [6.45, 7) is 21.6. The first kappa shape index (κ1) is 34.4. The first-order valence-corrected chi connectivity index (χ1v) is 12.4. The number of pyridine rings is 2. The molecular weight excluding hydrogens is 571 g/mol. The van der Waals surface area contributed by atoms with E-state index in [1.807, 2.05) is 27.7 Å². The van der Waals surface area contributed by atoms with E-state index in [-0.39, 0.29) is 37.6 Å². The van der Waals surface area contributed by atoms with Crippen molar-refractivity contribution in [3.63, 3.8) is 0 Å². The van der Waals surface area contributed by atoms with Crippen LogP contribution in [0, 0.1) is 13.1 Å². The number of hydrogen-bond donors (Lipinski definition) is 0. The summed E-state index contributed by atoms with van der Waals surface area (Å²) in [5.74, 6) is -0.548. The van der Waals surface area contributed by atoms with Crippen molar-refractivity contribution in [3.05, 3.63) is 87.5 Å². The van der Waals surface area contributed by atoms with Crippen LogP contribution in [0.4, 0.5) is 29.2 Å². The van der Waals surface area contributed by atoms with Gasteiger partial charge in [-0.3, -0.25) is 0 Å². The fourth-order valence-electron chi connectivity index (χ4n) is 4.06. The van der Waals surface area contributed by atoms with Crippen molar-refractivity contribution < 1.29 is 26.9 Å². The van der Waals surface area contributed by atoms with E-state index in [9.17, 15) is 17.6 Å². The molecule has 0 radical (unpaired) electrons. The lowest BCUT2D eigenvalue weighted by molar-refractivity contribution is 0.00578. The molecule has 0 spiro atoms. The van der Waals surface area contributed by atoms with E-state index >= 15 is 0 Å². The number of halogens is 5. The Hall–Kier alpha value is -3.77. The van der Waals surface area contributed by atoms with Gasteiger partial charge >= 0.3 is 7.12 Å². The van der Waals surface area contributed by atoms with Crippen LogP contribution in [-0.4, -0.2) is 28.3 Å². The average molecular weight is 601 g/mol. The summed E-state index contributed by atoms with van der Waals surface area (Å²) in [4.78, 5) is 14.0. The molecule has 2 aromatic carbocycles. The first-order valence-electron chi connectivity index (χ1n) is 12.0. The van der Waals surface area contributed by atoms with Crippen molar-refractivity contribution >= 4 is 57.6 Å². The molecule has 0 N–H and O–H groups in total. The SMILES string of the molecule is C.C.[C-]#[N+]c1nc2cccc(B3OC(C)(C)C(C)(C)O3)c2cc1C(F)F.[C-]#[N+]c1nc2cccc(Cl)c2cc1C(F)F. The third-order valence-corrected chi connectivity index (χ3v) is 7.23. The monoisotopic (exact) mass is 600 g/mol. The van der Waals surface area contributed by atoms with Crippen LogP contribution >= 0.6 is 11.6 Å². The molecule has 0 atom stereocenters. The molecule has 1 saturated heterocycles. The minimum absolute atomic E-state index is 0. The van der Waals surface area contributed by atoms with Gasteiger partial charge in [-0.2, -0.15) is 0 Å². The number of fused-ring (bicyclic) bond motifs is 2. The van der Waals surface area contributed by atoms with E-state index in [1.54, 1.807) is 36.4 Å².